The van der Waals surface area contributed by atoms with Gasteiger partial charge in [0.25, 0.3) is 0 Å². The van der Waals surface area contributed by atoms with Gasteiger partial charge in [-0.25, -0.2) is 4.39 Å². The van der Waals surface area contributed by atoms with Gasteiger partial charge in [0, 0.05) is 16.1 Å². The molecule has 0 amide bonds. The van der Waals surface area contributed by atoms with Crippen LogP contribution in [0.4, 0.5) is 17.6 Å². The smallest absolute Gasteiger partial charge is 0.391 e. The van der Waals surface area contributed by atoms with Crippen LogP contribution in [-0.2, 0) is 28.1 Å². The predicted molar refractivity (Wildman–Crippen MR) is 91.5 cm³/mol. The first kappa shape index (κ1) is 22.6. The molecule has 0 saturated carbocycles. The second-order valence-corrected chi connectivity index (χ2v) is 5.87. The fourth-order valence-corrected chi connectivity index (χ4v) is 2.10. The van der Waals surface area contributed by atoms with Gasteiger partial charge in [-0.15, -0.1) is 0 Å². The van der Waals surface area contributed by atoms with Gasteiger partial charge < -0.3 is 4.84 Å². The van der Waals surface area contributed by atoms with E-state index in [0.717, 1.165) is 18.2 Å². The molecule has 0 aromatic heterocycles. The molecule has 2 aromatic rings. The van der Waals surface area contributed by atoms with Gasteiger partial charge in [0.15, 0.2) is 0 Å². The number of hydrogen-bond donors (Lipinski definition) is 1. The van der Waals surface area contributed by atoms with Crippen LogP contribution in [0.1, 0.15) is 23.6 Å². The largest absolute Gasteiger partial charge is 0.417 e. The van der Waals surface area contributed by atoms with E-state index >= 15 is 0 Å². The van der Waals surface area contributed by atoms with Crippen LogP contribution in [0.3, 0.4) is 0 Å². The summed E-state index contributed by atoms with van der Waals surface area (Å²) in [5.41, 5.74) is -0.793. The van der Waals surface area contributed by atoms with E-state index in [2.05, 4.69) is 5.16 Å². The summed E-state index contributed by atoms with van der Waals surface area (Å²) in [4.78, 5) is 4.96. The van der Waals surface area contributed by atoms with Gasteiger partial charge in [0.2, 0.25) is 0 Å². The zero-order chi connectivity index (χ0) is 20.6. The molecule has 2 aromatic carbocycles. The summed E-state index contributed by atoms with van der Waals surface area (Å²) in [5, 5.41) is 3.79. The molecule has 0 bridgehead atoms. The van der Waals surface area contributed by atoms with E-state index in [9.17, 15) is 17.6 Å². The minimum atomic E-state index is -4.54. The van der Waals surface area contributed by atoms with E-state index in [4.69, 9.17) is 29.6 Å². The van der Waals surface area contributed by atoms with Gasteiger partial charge in [-0.05, 0) is 31.2 Å². The van der Waals surface area contributed by atoms with Crippen LogP contribution in [0.5, 0.6) is 0 Å². The highest BCUT2D eigenvalue weighted by Gasteiger charge is 2.34. The van der Waals surface area contributed by atoms with Crippen LogP contribution >= 0.6 is 11.6 Å². The highest BCUT2D eigenvalue weighted by Crippen LogP contribution is 2.33. The van der Waals surface area contributed by atoms with E-state index in [-0.39, 0.29) is 28.5 Å². The highest BCUT2D eigenvalue weighted by molar-refractivity contribution is 7.60. The van der Waals surface area contributed by atoms with Crippen molar-refractivity contribution in [2.75, 3.05) is 0 Å². The number of rotatable bonds is 4. The Labute approximate surface area is 158 Å². The minimum absolute atomic E-state index is 0.00355. The lowest BCUT2D eigenvalue weighted by atomic mass is 10.0. The number of oxime groups is 1. The second-order valence-electron chi connectivity index (χ2n) is 4.96. The van der Waals surface area contributed by atoms with Crippen LogP contribution in [0.15, 0.2) is 47.6 Å². The Balaban J connectivity index is 0.000000828. The molecule has 27 heavy (non-hydrogen) atoms. The zero-order valence-electron chi connectivity index (χ0n) is 13.7. The summed E-state index contributed by atoms with van der Waals surface area (Å²) in [6.07, 6.45) is -4.54. The molecule has 0 aliphatic carbocycles. The molecule has 0 unspecified atom stereocenters. The standard InChI is InChI=1S/C16H12ClF4NO.HNO2S/c1-10(22-23-9-11-4-2-3-5-15(11)18)13-8-12(17)6-7-14(13)16(19,20)21;1-4(2)3/h2-8H,9H2,1H3;1H/b22-10+;. The molecule has 0 saturated heterocycles. The molecule has 0 aliphatic heterocycles. The van der Waals surface area contributed by atoms with Crippen molar-refractivity contribution >= 4 is 27.8 Å². The van der Waals surface area contributed by atoms with Gasteiger partial charge in [0.1, 0.15) is 12.4 Å². The van der Waals surface area contributed by atoms with Gasteiger partial charge in [0.05, 0.1) is 11.3 Å². The van der Waals surface area contributed by atoms with Crippen molar-refractivity contribution in [3.05, 3.63) is 70.0 Å². The van der Waals surface area contributed by atoms with Crippen LogP contribution in [0.2, 0.25) is 5.02 Å². The quantitative estimate of drug-likeness (QED) is 0.423. The third-order valence-electron chi connectivity index (χ3n) is 3.06. The molecule has 0 fully saturated rings. The van der Waals surface area contributed by atoms with Crippen LogP contribution in [0.25, 0.3) is 0 Å². The molecule has 0 atom stereocenters. The number of alkyl halides is 3. The lowest BCUT2D eigenvalue weighted by molar-refractivity contribution is -0.137. The van der Waals surface area contributed by atoms with Crippen LogP contribution < -0.4 is 0 Å². The number of hydrogen-bond acceptors (Lipinski definition) is 5. The highest BCUT2D eigenvalue weighted by atomic mass is 35.5. The van der Waals surface area contributed by atoms with E-state index < -0.39 is 28.1 Å². The molecule has 5 nitrogen and oxygen atoms in total. The Kier molecular flexibility index (Phi) is 8.38. The fraction of sp³-hybridized carbons (Fsp3) is 0.188. The average Bonchev–Trinajstić information content (AvgIpc) is 2.54. The Hall–Kier alpha value is -2.46. The van der Waals surface area contributed by atoms with Gasteiger partial charge in [-0.1, -0.05) is 35.0 Å². The maximum absolute atomic E-state index is 13.4. The number of halogens is 5. The third kappa shape index (κ3) is 7.75. The van der Waals surface area contributed by atoms with Crippen molar-refractivity contribution < 1.29 is 30.8 Å². The summed E-state index contributed by atoms with van der Waals surface area (Å²) in [6, 6.07) is 9.10. The minimum Gasteiger partial charge on any atom is -0.391 e. The molecule has 0 radical (unpaired) electrons. The maximum Gasteiger partial charge on any atom is 0.417 e. The zero-order valence-corrected chi connectivity index (χ0v) is 15.3. The fourth-order valence-electron chi connectivity index (χ4n) is 1.93. The van der Waals surface area contributed by atoms with Crippen LogP contribution in [0, 0.1) is 10.6 Å². The van der Waals surface area contributed by atoms with E-state index in [1.54, 1.807) is 6.07 Å². The van der Waals surface area contributed by atoms with Crippen molar-refractivity contribution in [3.8, 4) is 0 Å². The first-order chi connectivity index (χ1) is 12.5. The Bertz CT molecular complexity index is 925. The van der Waals surface area contributed by atoms with E-state index in [1.807, 2.05) is 0 Å². The van der Waals surface area contributed by atoms with Crippen molar-refractivity contribution in [1.82, 2.24) is 0 Å². The number of nitrogens with one attached hydrogen (secondary N) is 1. The molecular weight excluding hydrogens is 412 g/mol. The lowest BCUT2D eigenvalue weighted by Gasteiger charge is -2.12. The molecule has 11 heteroatoms. The van der Waals surface area contributed by atoms with Gasteiger partial charge in [-0.3, -0.25) is 0 Å². The Morgan fingerprint density at radius 3 is 2.37 bits per heavy atom. The number of nitrogens with zero attached hydrogens (tertiary/aromatic N) is 1. The topological polar surface area (TPSA) is 79.6 Å². The van der Waals surface area contributed by atoms with Gasteiger partial charge >= 0.3 is 16.7 Å². The van der Waals surface area contributed by atoms with E-state index in [1.165, 1.54) is 25.1 Å². The first-order valence-corrected chi connectivity index (χ1v) is 8.55. The molecule has 0 heterocycles. The van der Waals surface area contributed by atoms with Crippen molar-refractivity contribution in [2.45, 2.75) is 19.7 Å². The van der Waals surface area contributed by atoms with Gasteiger partial charge in [-0.2, -0.15) is 26.4 Å². The predicted octanol–water partition coefficient (Wildman–Crippen LogP) is 5.07. The molecule has 0 spiro atoms. The van der Waals surface area contributed by atoms with Crippen molar-refractivity contribution in [1.29, 1.82) is 4.78 Å². The monoisotopic (exact) mass is 424 g/mol. The average molecular weight is 425 g/mol. The Morgan fingerprint density at radius 2 is 1.81 bits per heavy atom. The molecule has 0 aliphatic rings. The number of benzene rings is 2. The normalized spacial score (nSPS) is 11.4. The van der Waals surface area contributed by atoms with Crippen LogP contribution in [-0.4, -0.2) is 14.1 Å². The Morgan fingerprint density at radius 1 is 1.22 bits per heavy atom. The molecular formula is C16H13ClF4N2O3S. The summed E-state index contributed by atoms with van der Waals surface area (Å²) < 4.78 is 75.2. The first-order valence-electron chi connectivity index (χ1n) is 7.10. The van der Waals surface area contributed by atoms with E-state index in [0.29, 0.717) is 0 Å². The third-order valence-corrected chi connectivity index (χ3v) is 3.29. The summed E-state index contributed by atoms with van der Waals surface area (Å²) >= 11 is 5.75. The van der Waals surface area contributed by atoms with Crippen molar-refractivity contribution in [2.24, 2.45) is 5.16 Å². The lowest BCUT2D eigenvalue weighted by Crippen LogP contribution is -2.12. The SMILES string of the molecule is C/C(=N\OCc1ccccc1F)c1cc(Cl)ccc1C(F)(F)F.N=S(=O)=O. The summed E-state index contributed by atoms with van der Waals surface area (Å²) in [5.74, 6) is -0.473. The summed E-state index contributed by atoms with van der Waals surface area (Å²) in [7, 11) is -2.61. The maximum atomic E-state index is 13.4. The van der Waals surface area contributed by atoms with Crippen molar-refractivity contribution in [3.63, 3.8) is 0 Å². The summed E-state index contributed by atoms with van der Waals surface area (Å²) in [6.45, 7) is 1.17. The molecule has 146 valence electrons. The molecule has 2 rings (SSSR count). The second kappa shape index (κ2) is 10.0. The molecule has 1 N–H and O–H groups in total.